The largest absolute Gasteiger partial charge is 0.455 e. The highest BCUT2D eigenvalue weighted by Crippen LogP contribution is 2.08. The van der Waals surface area contributed by atoms with E-state index < -0.39 is 6.10 Å². The van der Waals surface area contributed by atoms with Crippen LogP contribution in [-0.2, 0) is 9.53 Å². The van der Waals surface area contributed by atoms with E-state index in [9.17, 15) is 4.79 Å². The van der Waals surface area contributed by atoms with Crippen LogP contribution >= 0.6 is 0 Å². The van der Waals surface area contributed by atoms with E-state index in [-0.39, 0.29) is 12.4 Å². The van der Waals surface area contributed by atoms with Gasteiger partial charge in [0.15, 0.2) is 6.61 Å². The standard InChI is InChI=1S/C4H5O3/c5-3-1-4(6)7-2-3/h2-3,5H,1H2. The molecule has 1 heterocycles. The fraction of sp³-hybridized carbons (Fsp3) is 0.500. The molecule has 0 amide bonds. The molecule has 1 aliphatic heterocycles. The van der Waals surface area contributed by atoms with E-state index >= 15 is 0 Å². The second-order valence-corrected chi connectivity index (χ2v) is 1.40. The van der Waals surface area contributed by atoms with Crippen LogP contribution in [0.4, 0.5) is 0 Å². The van der Waals surface area contributed by atoms with Crippen molar-refractivity contribution in [2.75, 3.05) is 0 Å². The molecule has 1 rings (SSSR count). The van der Waals surface area contributed by atoms with Crippen LogP contribution in [0, 0.1) is 6.61 Å². The Hall–Kier alpha value is -0.570. The molecular weight excluding hydrogens is 96.0 g/mol. The second kappa shape index (κ2) is 1.50. The molecule has 3 heteroatoms. The monoisotopic (exact) mass is 101 g/mol. The molecule has 7 heavy (non-hydrogen) atoms. The smallest absolute Gasteiger partial charge is 0.309 e. The van der Waals surface area contributed by atoms with E-state index in [4.69, 9.17) is 5.11 Å². The van der Waals surface area contributed by atoms with Gasteiger partial charge in [-0.15, -0.1) is 0 Å². The molecule has 1 unspecified atom stereocenters. The van der Waals surface area contributed by atoms with E-state index in [0.717, 1.165) is 6.61 Å². The summed E-state index contributed by atoms with van der Waals surface area (Å²) in [6.07, 6.45) is -0.563. The van der Waals surface area contributed by atoms with Crippen molar-refractivity contribution in [3.05, 3.63) is 6.61 Å². The molecule has 0 bridgehead atoms. The number of rotatable bonds is 0. The van der Waals surface area contributed by atoms with Crippen molar-refractivity contribution in [2.45, 2.75) is 12.5 Å². The first-order valence-electron chi connectivity index (χ1n) is 2.00. The van der Waals surface area contributed by atoms with E-state index in [2.05, 4.69) is 4.74 Å². The number of hydrogen-bond donors (Lipinski definition) is 1. The maximum atomic E-state index is 10.0. The predicted molar refractivity (Wildman–Crippen MR) is 21.0 cm³/mol. The molecule has 1 fully saturated rings. The van der Waals surface area contributed by atoms with Gasteiger partial charge in [-0.2, -0.15) is 0 Å². The Labute approximate surface area is 40.9 Å². The fourth-order valence-electron chi connectivity index (χ4n) is 0.421. The average Bonchev–Trinajstić information content (AvgIpc) is 1.87. The Morgan fingerprint density at radius 2 is 2.71 bits per heavy atom. The maximum Gasteiger partial charge on any atom is 0.309 e. The Morgan fingerprint density at radius 3 is 2.86 bits per heavy atom. The van der Waals surface area contributed by atoms with Crippen LogP contribution < -0.4 is 0 Å². The fourth-order valence-corrected chi connectivity index (χ4v) is 0.421. The summed E-state index contributed by atoms with van der Waals surface area (Å²) in [5, 5.41) is 8.50. The first-order valence-corrected chi connectivity index (χ1v) is 2.00. The molecule has 0 aromatic heterocycles. The van der Waals surface area contributed by atoms with Crippen LogP contribution in [0.3, 0.4) is 0 Å². The number of hydrogen-bond acceptors (Lipinski definition) is 3. The number of carbonyl (C=O) groups is 1. The van der Waals surface area contributed by atoms with Crippen molar-refractivity contribution in [2.24, 2.45) is 0 Å². The zero-order valence-corrected chi connectivity index (χ0v) is 3.63. The average molecular weight is 101 g/mol. The van der Waals surface area contributed by atoms with Gasteiger partial charge in [0, 0.05) is 0 Å². The number of aliphatic hydroxyl groups excluding tert-OH is 1. The number of aliphatic hydroxyl groups is 1. The maximum absolute atomic E-state index is 10.0. The second-order valence-electron chi connectivity index (χ2n) is 1.40. The molecule has 1 N–H and O–H groups in total. The molecule has 1 atom stereocenters. The van der Waals surface area contributed by atoms with Crippen LogP contribution in [0.2, 0.25) is 0 Å². The summed E-state index contributed by atoms with van der Waals surface area (Å²) in [5.74, 6) is -0.354. The number of esters is 1. The minimum Gasteiger partial charge on any atom is -0.455 e. The van der Waals surface area contributed by atoms with Crippen LogP contribution in [0.15, 0.2) is 0 Å². The van der Waals surface area contributed by atoms with Gasteiger partial charge in [-0.25, -0.2) is 0 Å². The molecule has 39 valence electrons. The van der Waals surface area contributed by atoms with Gasteiger partial charge < -0.3 is 9.84 Å². The Morgan fingerprint density at radius 1 is 2.00 bits per heavy atom. The lowest BCUT2D eigenvalue weighted by molar-refractivity contribution is -0.135. The van der Waals surface area contributed by atoms with E-state index in [1.807, 2.05) is 0 Å². The third-order valence-electron chi connectivity index (χ3n) is 0.732. The summed E-state index contributed by atoms with van der Waals surface area (Å²) >= 11 is 0. The van der Waals surface area contributed by atoms with E-state index in [1.165, 1.54) is 0 Å². The molecule has 1 saturated heterocycles. The van der Waals surface area contributed by atoms with Crippen LogP contribution in [-0.4, -0.2) is 17.2 Å². The lowest BCUT2D eigenvalue weighted by atomic mass is 10.3. The molecule has 3 nitrogen and oxygen atoms in total. The third-order valence-corrected chi connectivity index (χ3v) is 0.732. The van der Waals surface area contributed by atoms with Gasteiger partial charge in [0.1, 0.15) is 6.10 Å². The lowest BCUT2D eigenvalue weighted by Gasteiger charge is -1.86. The van der Waals surface area contributed by atoms with Gasteiger partial charge >= 0.3 is 5.97 Å². The highest BCUT2D eigenvalue weighted by Gasteiger charge is 2.21. The zero-order valence-electron chi connectivity index (χ0n) is 3.63. The van der Waals surface area contributed by atoms with Crippen molar-refractivity contribution in [1.82, 2.24) is 0 Å². The van der Waals surface area contributed by atoms with Gasteiger partial charge in [0.05, 0.1) is 6.42 Å². The van der Waals surface area contributed by atoms with Crippen molar-refractivity contribution in [1.29, 1.82) is 0 Å². The Balaban J connectivity index is 2.40. The summed E-state index contributed by atoms with van der Waals surface area (Å²) in [6.45, 7) is 1.13. The van der Waals surface area contributed by atoms with Gasteiger partial charge in [-0.05, 0) is 0 Å². The summed E-state index contributed by atoms with van der Waals surface area (Å²) in [6, 6.07) is 0. The van der Waals surface area contributed by atoms with Crippen LogP contribution in [0.1, 0.15) is 6.42 Å². The highest BCUT2D eigenvalue weighted by atomic mass is 16.6. The molecule has 0 aliphatic carbocycles. The summed E-state index contributed by atoms with van der Waals surface area (Å²) in [4.78, 5) is 10.0. The molecular formula is C4H5O3. The first kappa shape index (κ1) is 4.59. The van der Waals surface area contributed by atoms with Crippen molar-refractivity contribution < 1.29 is 14.6 Å². The normalized spacial score (nSPS) is 30.4. The van der Waals surface area contributed by atoms with Crippen molar-refractivity contribution >= 4 is 5.97 Å². The zero-order chi connectivity index (χ0) is 5.28. The number of ether oxygens (including phenoxy) is 1. The Kier molecular flexibility index (Phi) is 0.982. The van der Waals surface area contributed by atoms with Gasteiger partial charge in [-0.1, -0.05) is 0 Å². The Bertz CT molecular complexity index is 88.9. The van der Waals surface area contributed by atoms with E-state index in [1.54, 1.807) is 0 Å². The summed E-state index contributed by atoms with van der Waals surface area (Å²) in [7, 11) is 0. The molecule has 0 saturated carbocycles. The third kappa shape index (κ3) is 0.899. The molecule has 0 aromatic rings. The molecule has 1 aliphatic rings. The summed E-state index contributed by atoms with van der Waals surface area (Å²) in [5.41, 5.74) is 0. The van der Waals surface area contributed by atoms with E-state index in [0.29, 0.717) is 0 Å². The van der Waals surface area contributed by atoms with Gasteiger partial charge in [0.25, 0.3) is 0 Å². The molecule has 1 radical (unpaired) electrons. The van der Waals surface area contributed by atoms with Crippen LogP contribution in [0.25, 0.3) is 0 Å². The minimum atomic E-state index is -0.674. The highest BCUT2D eigenvalue weighted by molar-refractivity contribution is 5.72. The molecule has 0 aromatic carbocycles. The first-order chi connectivity index (χ1) is 3.29. The molecule has 0 spiro atoms. The van der Waals surface area contributed by atoms with Gasteiger partial charge in [0.2, 0.25) is 0 Å². The predicted octanol–water partition coefficient (Wildman–Crippen LogP) is -0.544. The van der Waals surface area contributed by atoms with Gasteiger partial charge in [-0.3, -0.25) is 4.79 Å². The number of cyclic esters (lactones) is 1. The van der Waals surface area contributed by atoms with Crippen molar-refractivity contribution in [3.8, 4) is 0 Å². The van der Waals surface area contributed by atoms with Crippen LogP contribution in [0.5, 0.6) is 0 Å². The quantitative estimate of drug-likeness (QED) is 0.417. The topological polar surface area (TPSA) is 46.5 Å². The number of carbonyl (C=O) groups excluding carboxylic acids is 1. The minimum absolute atomic E-state index is 0.111. The lowest BCUT2D eigenvalue weighted by Crippen LogP contribution is -1.98. The van der Waals surface area contributed by atoms with Crippen molar-refractivity contribution in [3.63, 3.8) is 0 Å². The summed E-state index contributed by atoms with van der Waals surface area (Å²) < 4.78 is 4.25. The SMILES string of the molecule is O=C1CC(O)[CH]O1.